The Balaban J connectivity index is 0.000000165. The van der Waals surface area contributed by atoms with Gasteiger partial charge in [-0.15, -0.1) is 0 Å². The lowest BCUT2D eigenvalue weighted by Gasteiger charge is -2.48. The van der Waals surface area contributed by atoms with Crippen LogP contribution in [0.5, 0.6) is 40.2 Å². The van der Waals surface area contributed by atoms with Crippen LogP contribution in [0, 0.1) is 0 Å². The SMILES string of the molecule is O=P1(C(c2ccc(O)cc2)(c2ccc(O)cc2)P2(=O)Oc3ccccc3-c3ccccc32)Oc2ccccc2-c2ccccc21.O=P1(C(c2ccc(O)cc2)c2ccc(O)cc2)Oc2ccccc2-c2ccccc21. The average molecular weight is 1040 g/mol. The zero-order valence-electron chi connectivity index (χ0n) is 39.8. The van der Waals surface area contributed by atoms with Crippen molar-refractivity contribution in [2.24, 2.45) is 0 Å². The highest BCUT2D eigenvalue weighted by Crippen LogP contribution is 2.84. The molecule has 0 saturated carbocycles. The van der Waals surface area contributed by atoms with E-state index in [1.165, 1.54) is 24.3 Å². The Morgan fingerprint density at radius 1 is 0.307 bits per heavy atom. The van der Waals surface area contributed by atoms with Crippen LogP contribution in [0.3, 0.4) is 0 Å². The Morgan fingerprint density at radius 2 is 0.587 bits per heavy atom. The van der Waals surface area contributed by atoms with Crippen molar-refractivity contribution in [2.45, 2.75) is 10.6 Å². The van der Waals surface area contributed by atoms with Crippen molar-refractivity contribution in [3.05, 3.63) is 265 Å². The van der Waals surface area contributed by atoms with Crippen LogP contribution in [0.2, 0.25) is 0 Å². The average Bonchev–Trinajstić information content (AvgIpc) is 3.48. The van der Waals surface area contributed by atoms with Crippen LogP contribution >= 0.6 is 22.1 Å². The van der Waals surface area contributed by atoms with E-state index in [0.717, 1.165) is 33.4 Å². The number of phenolic OH excluding ortho intramolecular Hbond substituents is 4. The Morgan fingerprint density at radius 3 is 0.960 bits per heavy atom. The van der Waals surface area contributed by atoms with Gasteiger partial charge in [0.1, 0.15) is 45.9 Å². The second-order valence-electron chi connectivity index (χ2n) is 18.4. The van der Waals surface area contributed by atoms with Crippen LogP contribution in [0.25, 0.3) is 33.4 Å². The van der Waals surface area contributed by atoms with Crippen LogP contribution in [0.1, 0.15) is 27.9 Å². The van der Waals surface area contributed by atoms with Crippen LogP contribution in [-0.4, -0.2) is 20.4 Å². The molecule has 10 aromatic carbocycles. The molecule has 3 atom stereocenters. The lowest BCUT2D eigenvalue weighted by Crippen LogP contribution is -2.42. The molecular formula is C62H45O10P3. The van der Waals surface area contributed by atoms with Crippen LogP contribution in [0.4, 0.5) is 0 Å². The molecule has 10 nitrogen and oxygen atoms in total. The van der Waals surface area contributed by atoms with Crippen molar-refractivity contribution in [2.75, 3.05) is 0 Å². The minimum atomic E-state index is -4.40. The molecular weight excluding hydrogens is 998 g/mol. The number of hydrogen-bond donors (Lipinski definition) is 4. The standard InChI is InChI=1S/C37H26O6P2.C25H19O4P/c38-27-21-17-25(18-22-27)37(26-19-23-28(39)24-20-26,44(40)35-15-7-3-11-31(35)29-9-1-5-13-33(29)42-44)45(41)36-16-8-4-12-32(36)30-10-2-6-14-34(30)43-45;26-19-13-9-17(10-14-19)25(18-11-15-20(27)16-12-18)30(28)24-8-4-2-6-22(24)21-5-1-3-7-23(21)29-30/h1-24,38-39H;1-16,25-27H. The lowest BCUT2D eigenvalue weighted by atomic mass is 10.0. The van der Waals surface area contributed by atoms with Gasteiger partial charge in [-0.1, -0.05) is 158 Å². The summed E-state index contributed by atoms with van der Waals surface area (Å²) in [4.78, 5) is -1.99. The summed E-state index contributed by atoms with van der Waals surface area (Å²) in [5.74, 6) is 1.61. The van der Waals surface area contributed by atoms with Crippen molar-refractivity contribution in [1.29, 1.82) is 0 Å². The molecule has 3 aliphatic heterocycles. The zero-order valence-corrected chi connectivity index (χ0v) is 42.4. The quantitative estimate of drug-likeness (QED) is 0.113. The van der Waals surface area contributed by atoms with Crippen molar-refractivity contribution in [3.63, 3.8) is 0 Å². The minimum Gasteiger partial charge on any atom is -0.508 e. The molecule has 0 fully saturated rings. The van der Waals surface area contributed by atoms with Gasteiger partial charge in [0.15, 0.2) is 0 Å². The summed E-state index contributed by atoms with van der Waals surface area (Å²) in [5.41, 5.74) is 6.36. The number of phenols is 4. The number of hydrogen-bond acceptors (Lipinski definition) is 10. The first-order chi connectivity index (χ1) is 36.4. The second kappa shape index (κ2) is 18.5. The molecule has 10 aromatic rings. The van der Waals surface area contributed by atoms with E-state index < -0.39 is 32.7 Å². The predicted octanol–water partition coefficient (Wildman–Crippen LogP) is 14.5. The van der Waals surface area contributed by atoms with Gasteiger partial charge < -0.3 is 34.0 Å². The Labute approximate surface area is 432 Å². The fourth-order valence-electron chi connectivity index (χ4n) is 10.7. The Bertz CT molecular complexity index is 3770. The second-order valence-corrected chi connectivity index (χ2v) is 26.0. The fraction of sp³-hybridized carbons (Fsp3) is 0.0323. The highest BCUT2D eigenvalue weighted by atomic mass is 31.2. The van der Waals surface area contributed by atoms with Gasteiger partial charge >= 0.3 is 14.7 Å². The maximum Gasteiger partial charge on any atom is 0.303 e. The molecule has 0 aliphatic carbocycles. The maximum absolute atomic E-state index is 16.6. The minimum absolute atomic E-state index is 0.0134. The third kappa shape index (κ3) is 7.59. The van der Waals surface area contributed by atoms with E-state index in [1.807, 2.05) is 109 Å². The van der Waals surface area contributed by atoms with E-state index in [2.05, 4.69) is 0 Å². The number of benzene rings is 10. The molecule has 3 heterocycles. The molecule has 13 heteroatoms. The predicted molar refractivity (Wildman–Crippen MR) is 294 cm³/mol. The molecule has 0 bridgehead atoms. The zero-order chi connectivity index (χ0) is 51.5. The first-order valence-corrected chi connectivity index (χ1v) is 29.0. The Kier molecular flexibility index (Phi) is 11.7. The summed E-state index contributed by atoms with van der Waals surface area (Å²) >= 11 is 0. The summed E-state index contributed by atoms with van der Waals surface area (Å²) in [5, 5.41) is 41.8. The first-order valence-electron chi connectivity index (χ1n) is 24.1. The summed E-state index contributed by atoms with van der Waals surface area (Å²) in [6.45, 7) is 0. The lowest BCUT2D eigenvalue weighted by molar-refractivity contribution is 0.447. The van der Waals surface area contributed by atoms with E-state index in [-0.39, 0.29) is 23.0 Å². The van der Waals surface area contributed by atoms with Crippen LogP contribution < -0.4 is 29.5 Å². The normalized spacial score (nSPS) is 18.6. The third-order valence-electron chi connectivity index (χ3n) is 14.1. The number of fused-ring (bicyclic) bond motifs is 9. The molecule has 0 saturated heterocycles. The van der Waals surface area contributed by atoms with E-state index in [0.29, 0.717) is 55.4 Å². The van der Waals surface area contributed by atoms with Gasteiger partial charge in [0.2, 0.25) is 4.90 Å². The third-order valence-corrected chi connectivity index (χ3v) is 24.1. The molecule has 0 aromatic heterocycles. The number of rotatable bonds is 7. The largest absolute Gasteiger partial charge is 0.508 e. The number of aromatic hydroxyl groups is 4. The van der Waals surface area contributed by atoms with Crippen molar-refractivity contribution in [3.8, 4) is 73.6 Å². The van der Waals surface area contributed by atoms with Gasteiger partial charge in [-0.2, -0.15) is 0 Å². The first kappa shape index (κ1) is 47.5. The van der Waals surface area contributed by atoms with E-state index in [1.54, 1.807) is 109 Å². The molecule has 4 N–H and O–H groups in total. The smallest absolute Gasteiger partial charge is 0.303 e. The topological polar surface area (TPSA) is 160 Å². The molecule has 13 rings (SSSR count). The van der Waals surface area contributed by atoms with Gasteiger partial charge in [0.05, 0.1) is 15.9 Å². The molecule has 75 heavy (non-hydrogen) atoms. The van der Waals surface area contributed by atoms with Crippen molar-refractivity contribution < 1.29 is 47.7 Å². The van der Waals surface area contributed by atoms with Crippen molar-refractivity contribution >= 4 is 38.0 Å². The summed E-state index contributed by atoms with van der Waals surface area (Å²) in [6.07, 6.45) is 0. The van der Waals surface area contributed by atoms with E-state index in [9.17, 15) is 25.0 Å². The van der Waals surface area contributed by atoms with Crippen LogP contribution in [-0.2, 0) is 18.6 Å². The molecule has 0 amide bonds. The Hall–Kier alpha value is -8.51. The monoisotopic (exact) mass is 1040 g/mol. The summed E-state index contributed by atoms with van der Waals surface area (Å²) in [6, 6.07) is 70.4. The maximum atomic E-state index is 16.6. The molecule has 3 unspecified atom stereocenters. The molecule has 3 aliphatic rings. The molecule has 0 radical (unpaired) electrons. The number of para-hydroxylation sites is 3. The summed E-state index contributed by atoms with van der Waals surface area (Å²) in [7, 11) is -12.3. The van der Waals surface area contributed by atoms with Gasteiger partial charge in [0.25, 0.3) is 7.37 Å². The fourth-order valence-corrected chi connectivity index (χ4v) is 21.5. The van der Waals surface area contributed by atoms with E-state index >= 15 is 9.13 Å². The van der Waals surface area contributed by atoms with Gasteiger partial charge in [-0.25, -0.2) is 0 Å². The highest BCUT2D eigenvalue weighted by Gasteiger charge is 2.70. The van der Waals surface area contributed by atoms with Crippen molar-refractivity contribution in [1.82, 2.24) is 0 Å². The van der Waals surface area contributed by atoms with E-state index in [4.69, 9.17) is 13.6 Å². The highest BCUT2D eigenvalue weighted by molar-refractivity contribution is 7.86. The van der Waals surface area contributed by atoms with Gasteiger partial charge in [-0.05, 0) is 124 Å². The van der Waals surface area contributed by atoms with Gasteiger partial charge in [0, 0.05) is 16.7 Å². The van der Waals surface area contributed by atoms with Crippen LogP contribution in [0.15, 0.2) is 243 Å². The van der Waals surface area contributed by atoms with Gasteiger partial charge in [-0.3, -0.25) is 13.7 Å². The molecule has 368 valence electrons. The summed E-state index contributed by atoms with van der Waals surface area (Å²) < 4.78 is 67.9. The molecule has 0 spiro atoms.